The molecule has 0 aliphatic rings. The Hall–Kier alpha value is -2.74. The van der Waals surface area contributed by atoms with E-state index in [2.05, 4.69) is 20.6 Å². The van der Waals surface area contributed by atoms with Crippen LogP contribution in [0.4, 0.5) is 14.5 Å². The van der Waals surface area contributed by atoms with Crippen LogP contribution in [-0.4, -0.2) is 24.5 Å². The summed E-state index contributed by atoms with van der Waals surface area (Å²) >= 11 is 5.18. The van der Waals surface area contributed by atoms with Gasteiger partial charge in [-0.25, -0.2) is 0 Å². The minimum atomic E-state index is -2.85. The van der Waals surface area contributed by atoms with E-state index in [4.69, 9.17) is 17.0 Å². The fourth-order valence-electron chi connectivity index (χ4n) is 1.94. The van der Waals surface area contributed by atoms with Gasteiger partial charge in [-0.1, -0.05) is 6.07 Å². The minimum absolute atomic E-state index is 0.0923. The monoisotopic (exact) mass is 365 g/mol. The Morgan fingerprint density at radius 1 is 1.12 bits per heavy atom. The van der Waals surface area contributed by atoms with E-state index in [1.807, 2.05) is 18.2 Å². The SMILES string of the molecule is COc1cccc(NC(=S)N/N=C(\C)c2ccc(OC(F)F)cc2)c1. The zero-order valence-electron chi connectivity index (χ0n) is 13.6. The Balaban J connectivity index is 1.94. The molecule has 25 heavy (non-hydrogen) atoms. The summed E-state index contributed by atoms with van der Waals surface area (Å²) in [6.07, 6.45) is 0. The van der Waals surface area contributed by atoms with E-state index in [1.54, 1.807) is 32.2 Å². The third-order valence-corrected chi connectivity index (χ3v) is 3.34. The van der Waals surface area contributed by atoms with Crippen LogP contribution in [0.1, 0.15) is 12.5 Å². The van der Waals surface area contributed by atoms with Gasteiger partial charge in [-0.2, -0.15) is 13.9 Å². The van der Waals surface area contributed by atoms with E-state index < -0.39 is 6.61 Å². The summed E-state index contributed by atoms with van der Waals surface area (Å²) < 4.78 is 33.7. The topological polar surface area (TPSA) is 54.9 Å². The lowest BCUT2D eigenvalue weighted by molar-refractivity contribution is -0.0498. The van der Waals surface area contributed by atoms with E-state index in [-0.39, 0.29) is 5.75 Å². The summed E-state index contributed by atoms with van der Waals surface area (Å²) in [6, 6.07) is 13.5. The summed E-state index contributed by atoms with van der Waals surface area (Å²) in [5.74, 6) is 0.799. The number of thiocarbonyl (C=S) groups is 1. The Labute approximate surface area is 149 Å². The molecule has 0 spiro atoms. The smallest absolute Gasteiger partial charge is 0.387 e. The lowest BCUT2D eigenvalue weighted by atomic mass is 10.1. The van der Waals surface area contributed by atoms with Gasteiger partial charge in [0.25, 0.3) is 0 Å². The summed E-state index contributed by atoms with van der Waals surface area (Å²) in [5.41, 5.74) is 4.88. The Morgan fingerprint density at radius 2 is 1.84 bits per heavy atom. The van der Waals surface area contributed by atoms with Gasteiger partial charge >= 0.3 is 6.61 Å². The predicted molar refractivity (Wildman–Crippen MR) is 97.6 cm³/mol. The highest BCUT2D eigenvalue weighted by atomic mass is 32.1. The van der Waals surface area contributed by atoms with Gasteiger partial charge in [0.15, 0.2) is 5.11 Å². The summed E-state index contributed by atoms with van der Waals surface area (Å²) in [7, 11) is 1.58. The number of ether oxygens (including phenoxy) is 2. The fourth-order valence-corrected chi connectivity index (χ4v) is 2.10. The van der Waals surface area contributed by atoms with Crippen LogP contribution in [0.5, 0.6) is 11.5 Å². The number of benzene rings is 2. The summed E-state index contributed by atoms with van der Waals surface area (Å²) in [4.78, 5) is 0. The number of anilines is 1. The molecule has 0 fully saturated rings. The number of hydrogen-bond acceptors (Lipinski definition) is 4. The second-order valence-electron chi connectivity index (χ2n) is 4.90. The zero-order chi connectivity index (χ0) is 18.2. The van der Waals surface area contributed by atoms with Crippen LogP contribution in [0.25, 0.3) is 0 Å². The Bertz CT molecular complexity index is 752. The largest absolute Gasteiger partial charge is 0.497 e. The molecule has 0 atom stereocenters. The molecule has 0 saturated heterocycles. The molecule has 132 valence electrons. The Kier molecular flexibility index (Phi) is 6.64. The van der Waals surface area contributed by atoms with Crippen LogP contribution in [0.15, 0.2) is 53.6 Å². The first kappa shape index (κ1) is 18.6. The second kappa shape index (κ2) is 8.93. The maximum atomic E-state index is 12.1. The first-order valence-corrected chi connectivity index (χ1v) is 7.69. The van der Waals surface area contributed by atoms with Crippen molar-refractivity contribution in [3.8, 4) is 11.5 Å². The lowest BCUT2D eigenvalue weighted by Gasteiger charge is -2.09. The average Bonchev–Trinajstić information content (AvgIpc) is 2.60. The zero-order valence-corrected chi connectivity index (χ0v) is 14.4. The van der Waals surface area contributed by atoms with Crippen LogP contribution in [0.3, 0.4) is 0 Å². The molecule has 0 unspecified atom stereocenters. The van der Waals surface area contributed by atoms with Crippen LogP contribution >= 0.6 is 12.2 Å². The number of nitrogens with one attached hydrogen (secondary N) is 2. The first-order chi connectivity index (χ1) is 12.0. The molecule has 2 aromatic carbocycles. The van der Waals surface area contributed by atoms with Gasteiger partial charge in [-0.05, 0) is 61.1 Å². The van der Waals surface area contributed by atoms with E-state index in [0.717, 1.165) is 11.3 Å². The molecule has 0 bridgehead atoms. The molecule has 5 nitrogen and oxygen atoms in total. The van der Waals surface area contributed by atoms with Gasteiger partial charge in [-0.3, -0.25) is 5.43 Å². The van der Waals surface area contributed by atoms with Gasteiger partial charge in [-0.15, -0.1) is 0 Å². The molecule has 0 aliphatic carbocycles. The number of halogens is 2. The van der Waals surface area contributed by atoms with Crippen molar-refractivity contribution in [2.24, 2.45) is 5.10 Å². The van der Waals surface area contributed by atoms with Crippen molar-refractivity contribution in [1.82, 2.24) is 5.43 Å². The quantitative estimate of drug-likeness (QED) is 0.460. The molecule has 8 heteroatoms. The number of alkyl halides is 2. The normalized spacial score (nSPS) is 11.2. The molecule has 0 aromatic heterocycles. The number of hydrogen-bond donors (Lipinski definition) is 2. The van der Waals surface area contributed by atoms with Crippen LogP contribution in [-0.2, 0) is 0 Å². The highest BCUT2D eigenvalue weighted by molar-refractivity contribution is 7.80. The van der Waals surface area contributed by atoms with E-state index in [1.165, 1.54) is 12.1 Å². The predicted octanol–water partition coefficient (Wildman–Crippen LogP) is 4.01. The standard InChI is InChI=1S/C17H17F2N3O2S/c1-11(12-6-8-14(9-7-12)24-16(18)19)21-22-17(25)20-13-4-3-5-15(10-13)23-2/h3-10,16H,1-2H3,(H2,20,22,25)/b21-11+. The molecular formula is C17H17F2N3O2S. The van der Waals surface area contributed by atoms with Crippen molar-refractivity contribution in [1.29, 1.82) is 0 Å². The second-order valence-corrected chi connectivity index (χ2v) is 5.31. The van der Waals surface area contributed by atoms with Gasteiger partial charge in [0.1, 0.15) is 11.5 Å². The van der Waals surface area contributed by atoms with Crippen molar-refractivity contribution >= 4 is 28.7 Å². The molecule has 2 aromatic rings. The summed E-state index contributed by atoms with van der Waals surface area (Å²) in [6.45, 7) is -1.08. The van der Waals surface area contributed by atoms with Crippen LogP contribution < -0.4 is 20.2 Å². The fraction of sp³-hybridized carbons (Fsp3) is 0.176. The van der Waals surface area contributed by atoms with Crippen LogP contribution in [0, 0.1) is 0 Å². The third-order valence-electron chi connectivity index (χ3n) is 3.15. The van der Waals surface area contributed by atoms with Gasteiger partial charge in [0.2, 0.25) is 0 Å². The van der Waals surface area contributed by atoms with Crippen molar-refractivity contribution in [3.63, 3.8) is 0 Å². The first-order valence-electron chi connectivity index (χ1n) is 7.28. The average molecular weight is 365 g/mol. The molecule has 0 amide bonds. The highest BCUT2D eigenvalue weighted by Crippen LogP contribution is 2.17. The molecule has 0 aliphatic heterocycles. The molecule has 2 rings (SSSR count). The molecule has 0 radical (unpaired) electrons. The van der Waals surface area contributed by atoms with Crippen LogP contribution in [0.2, 0.25) is 0 Å². The van der Waals surface area contributed by atoms with Gasteiger partial charge in [0, 0.05) is 11.8 Å². The van der Waals surface area contributed by atoms with E-state index in [9.17, 15) is 8.78 Å². The number of hydrazone groups is 1. The van der Waals surface area contributed by atoms with Crippen molar-refractivity contribution in [2.45, 2.75) is 13.5 Å². The van der Waals surface area contributed by atoms with E-state index in [0.29, 0.717) is 16.6 Å². The molecule has 0 saturated carbocycles. The third kappa shape index (κ3) is 6.00. The van der Waals surface area contributed by atoms with Crippen molar-refractivity contribution in [2.75, 3.05) is 12.4 Å². The Morgan fingerprint density at radius 3 is 2.48 bits per heavy atom. The molecule has 2 N–H and O–H groups in total. The number of nitrogens with zero attached hydrogens (tertiary/aromatic N) is 1. The van der Waals surface area contributed by atoms with Gasteiger partial charge in [0.05, 0.1) is 12.8 Å². The maximum Gasteiger partial charge on any atom is 0.387 e. The minimum Gasteiger partial charge on any atom is -0.497 e. The van der Waals surface area contributed by atoms with Crippen molar-refractivity contribution in [3.05, 3.63) is 54.1 Å². The van der Waals surface area contributed by atoms with Crippen molar-refractivity contribution < 1.29 is 18.3 Å². The van der Waals surface area contributed by atoms with E-state index >= 15 is 0 Å². The lowest BCUT2D eigenvalue weighted by Crippen LogP contribution is -2.24. The maximum absolute atomic E-state index is 12.1. The molecule has 0 heterocycles. The highest BCUT2D eigenvalue weighted by Gasteiger charge is 2.05. The number of rotatable bonds is 6. The summed E-state index contributed by atoms with van der Waals surface area (Å²) in [5, 5.41) is 7.46. The van der Waals surface area contributed by atoms with Gasteiger partial charge < -0.3 is 14.8 Å². The number of methoxy groups -OCH3 is 1. The molecular weight excluding hydrogens is 348 g/mol.